The largest absolute Gasteiger partial charge is 0.711 e. The van der Waals surface area contributed by atoms with E-state index in [0.717, 1.165) is 0 Å². The number of benzene rings is 1. The molecule has 0 aliphatic carbocycles. The van der Waals surface area contributed by atoms with Crippen LogP contribution in [0.25, 0.3) is 11.0 Å². The zero-order valence-corrected chi connectivity index (χ0v) is 18.2. The second kappa shape index (κ2) is 7.84. The highest BCUT2D eigenvalue weighted by molar-refractivity contribution is 7.92. The van der Waals surface area contributed by atoms with Crippen molar-refractivity contribution < 1.29 is 17.9 Å². The van der Waals surface area contributed by atoms with E-state index in [9.17, 15) is 18.4 Å². The third kappa shape index (κ3) is 3.95. The summed E-state index contributed by atoms with van der Waals surface area (Å²) < 4.78 is 28.8. The second-order valence-electron chi connectivity index (χ2n) is 6.69. The number of aromatic nitrogens is 3. The molecule has 0 unspecified atom stereocenters. The number of halogens is 2. The van der Waals surface area contributed by atoms with Crippen molar-refractivity contribution in [1.82, 2.24) is 9.97 Å². The molecule has 0 fully saturated rings. The molecule has 2 N–H and O–H groups in total. The van der Waals surface area contributed by atoms with Crippen molar-refractivity contribution in [2.45, 2.75) is 11.8 Å². The fourth-order valence-electron chi connectivity index (χ4n) is 3.08. The predicted molar refractivity (Wildman–Crippen MR) is 117 cm³/mol. The minimum absolute atomic E-state index is 0.0343. The fourth-order valence-corrected chi connectivity index (χ4v) is 4.50. The van der Waals surface area contributed by atoms with Crippen LogP contribution >= 0.6 is 23.2 Å². The number of nitrogens with one attached hydrogen (secondary N) is 2. The van der Waals surface area contributed by atoms with Crippen LogP contribution in [0.1, 0.15) is 21.6 Å². The summed E-state index contributed by atoms with van der Waals surface area (Å²) in [6.45, 7) is 1.68. The summed E-state index contributed by atoms with van der Waals surface area (Å²) in [4.78, 5) is 20.0. The van der Waals surface area contributed by atoms with E-state index in [4.69, 9.17) is 23.2 Å². The van der Waals surface area contributed by atoms with Crippen LogP contribution in [0.5, 0.6) is 0 Å². The molecule has 1 aromatic carbocycles. The van der Waals surface area contributed by atoms with Crippen LogP contribution < -0.4 is 9.45 Å². The quantitative estimate of drug-likeness (QED) is 0.257. The van der Waals surface area contributed by atoms with Crippen LogP contribution in [0.4, 0.5) is 5.69 Å². The molecule has 3 aromatic heterocycles. The Morgan fingerprint density at radius 3 is 2.71 bits per heavy atom. The number of sulfonamides is 1. The zero-order valence-electron chi connectivity index (χ0n) is 15.9. The van der Waals surface area contributed by atoms with Gasteiger partial charge in [-0.1, -0.05) is 23.2 Å². The van der Waals surface area contributed by atoms with Crippen molar-refractivity contribution in [1.29, 1.82) is 0 Å². The Kier molecular flexibility index (Phi) is 5.34. The first-order chi connectivity index (χ1) is 14.7. The van der Waals surface area contributed by atoms with E-state index in [1.54, 1.807) is 13.0 Å². The first kappa shape index (κ1) is 21.1. The van der Waals surface area contributed by atoms with E-state index in [2.05, 4.69) is 14.7 Å². The molecule has 0 atom stereocenters. The molecule has 11 heteroatoms. The van der Waals surface area contributed by atoms with E-state index in [1.807, 2.05) is 0 Å². The molecule has 158 valence electrons. The Bertz CT molecular complexity index is 1450. The van der Waals surface area contributed by atoms with Crippen LogP contribution in [0.15, 0.2) is 59.9 Å². The lowest BCUT2D eigenvalue weighted by Crippen LogP contribution is -2.27. The fraction of sp³-hybridized carbons (Fsp3) is 0.0500. The van der Waals surface area contributed by atoms with Gasteiger partial charge < -0.3 is 5.21 Å². The zero-order chi connectivity index (χ0) is 22.3. The molecule has 0 amide bonds. The summed E-state index contributed by atoms with van der Waals surface area (Å²) in [6, 6.07) is 8.46. The number of pyridine rings is 2. The molecule has 31 heavy (non-hydrogen) atoms. The van der Waals surface area contributed by atoms with Crippen molar-refractivity contribution in [3.05, 3.63) is 87.1 Å². The average Bonchev–Trinajstić information content (AvgIpc) is 3.20. The Labute approximate surface area is 187 Å². The van der Waals surface area contributed by atoms with Crippen molar-refractivity contribution in [3.8, 4) is 0 Å². The van der Waals surface area contributed by atoms with Gasteiger partial charge in [0, 0.05) is 16.8 Å². The van der Waals surface area contributed by atoms with Gasteiger partial charge in [0.1, 0.15) is 5.69 Å². The van der Waals surface area contributed by atoms with Gasteiger partial charge in [-0.05, 0) is 48.9 Å². The number of fused-ring (bicyclic) bond motifs is 1. The van der Waals surface area contributed by atoms with Gasteiger partial charge in [0.05, 0.1) is 33.4 Å². The Balaban J connectivity index is 1.79. The number of carbonyl (C=O) groups is 1. The van der Waals surface area contributed by atoms with Crippen LogP contribution in [0, 0.1) is 12.1 Å². The molecule has 0 saturated heterocycles. The van der Waals surface area contributed by atoms with Crippen LogP contribution in [-0.4, -0.2) is 24.2 Å². The summed E-state index contributed by atoms with van der Waals surface area (Å²) in [5, 5.41) is 12.8. The number of ketones is 1. The Morgan fingerprint density at radius 2 is 1.97 bits per heavy atom. The van der Waals surface area contributed by atoms with Crippen LogP contribution in [-0.2, 0) is 10.0 Å². The standard InChI is InChI=1S/C20H14Cl2N4O4S/c1-11-8-13(2-3-16(11)22)31(29,30)25-17-9-12(21)10-24-18(17)19(27)14-5-7-26(28)20-15(14)4-6-23-20/h2-10,23,25H,1H3. The molecular weight excluding hydrogens is 463 g/mol. The van der Waals surface area contributed by atoms with E-state index >= 15 is 0 Å². The molecule has 0 radical (unpaired) electrons. The smallest absolute Gasteiger partial charge is 0.290 e. The van der Waals surface area contributed by atoms with Gasteiger partial charge in [-0.2, -0.15) is 0 Å². The van der Waals surface area contributed by atoms with Crippen LogP contribution in [0.2, 0.25) is 10.0 Å². The van der Waals surface area contributed by atoms with Gasteiger partial charge >= 0.3 is 0 Å². The number of aryl methyl sites for hydroxylation is 1. The third-order valence-corrected chi connectivity index (χ3v) is 6.60. The second-order valence-corrected chi connectivity index (χ2v) is 9.22. The van der Waals surface area contributed by atoms with E-state index in [-0.39, 0.29) is 32.5 Å². The lowest BCUT2D eigenvalue weighted by atomic mass is 10.0. The maximum atomic E-state index is 13.2. The molecule has 3 heterocycles. The predicted octanol–water partition coefficient (Wildman–Crippen LogP) is 3.84. The molecule has 0 aliphatic heterocycles. The number of anilines is 1. The third-order valence-electron chi connectivity index (χ3n) is 4.61. The van der Waals surface area contributed by atoms with Gasteiger partial charge in [-0.15, -0.1) is 0 Å². The number of rotatable bonds is 5. The summed E-state index contributed by atoms with van der Waals surface area (Å²) in [5.74, 6) is -0.577. The first-order valence-electron chi connectivity index (χ1n) is 8.86. The number of aromatic amines is 1. The Hall–Kier alpha value is -3.14. The van der Waals surface area contributed by atoms with Crippen LogP contribution in [0.3, 0.4) is 0 Å². The molecule has 0 aliphatic rings. The van der Waals surface area contributed by atoms with Gasteiger partial charge in [-0.25, -0.2) is 23.1 Å². The van der Waals surface area contributed by atoms with E-state index in [1.165, 1.54) is 48.9 Å². The lowest BCUT2D eigenvalue weighted by molar-refractivity contribution is -0.579. The average molecular weight is 477 g/mol. The van der Waals surface area contributed by atoms with Crippen molar-refractivity contribution in [2.75, 3.05) is 4.72 Å². The number of hydrogen-bond donors (Lipinski definition) is 2. The summed E-state index contributed by atoms with van der Waals surface area (Å²) in [6.07, 6.45) is 3.95. The molecule has 8 nitrogen and oxygen atoms in total. The number of hydrogen-bond acceptors (Lipinski definition) is 5. The minimum atomic E-state index is -4.07. The topological polar surface area (TPSA) is 119 Å². The summed E-state index contributed by atoms with van der Waals surface area (Å²) >= 11 is 12.0. The van der Waals surface area contributed by atoms with Crippen molar-refractivity contribution in [3.63, 3.8) is 0 Å². The maximum Gasteiger partial charge on any atom is 0.290 e. The number of H-pyrrole nitrogens is 1. The monoisotopic (exact) mass is 476 g/mol. The summed E-state index contributed by atoms with van der Waals surface area (Å²) in [5.41, 5.74) is 0.701. The van der Waals surface area contributed by atoms with Crippen molar-refractivity contribution in [2.24, 2.45) is 0 Å². The highest BCUT2D eigenvalue weighted by Crippen LogP contribution is 2.27. The Morgan fingerprint density at radius 1 is 1.19 bits per heavy atom. The van der Waals surface area contributed by atoms with Gasteiger partial charge in [-0.3, -0.25) is 9.52 Å². The number of carbonyl (C=O) groups excluding carboxylic acids is 1. The van der Waals surface area contributed by atoms with Gasteiger partial charge in [0.25, 0.3) is 15.7 Å². The molecule has 0 saturated carbocycles. The molecule has 0 bridgehead atoms. The minimum Gasteiger partial charge on any atom is -0.711 e. The molecule has 4 aromatic rings. The molecular formula is C20H14Cl2N4O4S. The maximum absolute atomic E-state index is 13.2. The lowest BCUT2D eigenvalue weighted by Gasteiger charge is -2.13. The first-order valence-corrected chi connectivity index (χ1v) is 11.1. The highest BCUT2D eigenvalue weighted by Gasteiger charge is 2.24. The number of nitrogens with zero attached hydrogens (tertiary/aromatic N) is 2. The molecule has 4 rings (SSSR count). The van der Waals surface area contributed by atoms with E-state index < -0.39 is 15.8 Å². The van der Waals surface area contributed by atoms with Gasteiger partial charge in [0.2, 0.25) is 5.78 Å². The molecule has 0 spiro atoms. The summed E-state index contributed by atoms with van der Waals surface area (Å²) in [7, 11) is -4.07. The van der Waals surface area contributed by atoms with E-state index in [0.29, 0.717) is 20.7 Å². The van der Waals surface area contributed by atoms with Crippen molar-refractivity contribution >= 4 is 55.7 Å². The normalized spacial score (nSPS) is 11.6. The highest BCUT2D eigenvalue weighted by atomic mass is 35.5. The van der Waals surface area contributed by atoms with Gasteiger partial charge in [0.15, 0.2) is 0 Å². The SMILES string of the molecule is Cc1cc(S(=O)(=O)Nc2cc(Cl)cnc2C(=O)c2cc[n+]([O-])c3[nH]ccc23)ccc1Cl.